The molecular formula is C36H46F2N4O5S. The minimum Gasteiger partial charge on any atom is -0.453 e. The molecule has 9 nitrogen and oxygen atoms in total. The Bertz CT molecular complexity index is 1530. The number of hydrogen-bond acceptors (Lipinski definition) is 6. The zero-order valence-electron chi connectivity index (χ0n) is 27.5. The van der Waals surface area contributed by atoms with Gasteiger partial charge in [0.2, 0.25) is 15.9 Å². The van der Waals surface area contributed by atoms with Crippen LogP contribution in [0.4, 0.5) is 13.6 Å². The molecular weight excluding hydrogens is 638 g/mol. The van der Waals surface area contributed by atoms with Crippen molar-refractivity contribution in [3.8, 4) is 0 Å². The number of carbonyl (C=O) groups is 2. The van der Waals surface area contributed by atoms with Gasteiger partial charge in [-0.1, -0.05) is 62.2 Å². The SMILES string of the molecule is CC[C@H](CC[C@H]1CCCC[C@@H]1NC(=O)[C@@H](NC(=O)OC)C(c1ccc(F)cc1)c1ccc(F)cc1)N(CCN)S(=O)(=O)c1ccccc1. The molecule has 4 N–H and O–H groups in total. The summed E-state index contributed by atoms with van der Waals surface area (Å²) in [6, 6.07) is 17.9. The number of ether oxygens (including phenoxy) is 1. The van der Waals surface area contributed by atoms with Gasteiger partial charge in [-0.15, -0.1) is 0 Å². The van der Waals surface area contributed by atoms with E-state index in [4.69, 9.17) is 10.5 Å². The van der Waals surface area contributed by atoms with Crippen LogP contribution in [0.25, 0.3) is 0 Å². The predicted octanol–water partition coefficient (Wildman–Crippen LogP) is 5.70. The summed E-state index contributed by atoms with van der Waals surface area (Å²) in [5.74, 6) is -2.11. The molecule has 1 saturated carbocycles. The first-order chi connectivity index (χ1) is 23.1. The first-order valence-corrected chi connectivity index (χ1v) is 18.0. The van der Waals surface area contributed by atoms with Gasteiger partial charge in [-0.25, -0.2) is 22.0 Å². The van der Waals surface area contributed by atoms with Crippen LogP contribution in [0.5, 0.6) is 0 Å². The van der Waals surface area contributed by atoms with E-state index >= 15 is 0 Å². The second-order valence-corrected chi connectivity index (χ2v) is 14.1. The van der Waals surface area contributed by atoms with Crippen molar-refractivity contribution < 1.29 is 31.5 Å². The molecule has 0 heterocycles. The maximum atomic E-state index is 14.2. The molecule has 0 unspecified atom stereocenters. The summed E-state index contributed by atoms with van der Waals surface area (Å²) >= 11 is 0. The average molecular weight is 685 g/mol. The van der Waals surface area contributed by atoms with E-state index in [0.29, 0.717) is 36.8 Å². The van der Waals surface area contributed by atoms with E-state index in [1.165, 1.54) is 59.9 Å². The summed E-state index contributed by atoms with van der Waals surface area (Å²) in [4.78, 5) is 27.0. The number of rotatable bonds is 15. The number of sulfonamides is 1. The normalized spacial score (nSPS) is 17.9. The second kappa shape index (κ2) is 17.5. The largest absolute Gasteiger partial charge is 0.453 e. The van der Waals surface area contributed by atoms with E-state index in [0.717, 1.165) is 19.3 Å². The van der Waals surface area contributed by atoms with Crippen LogP contribution in [0.3, 0.4) is 0 Å². The van der Waals surface area contributed by atoms with Crippen LogP contribution >= 0.6 is 0 Å². The molecule has 3 aromatic rings. The Morgan fingerprint density at radius 2 is 1.52 bits per heavy atom. The number of amides is 2. The van der Waals surface area contributed by atoms with Crippen LogP contribution < -0.4 is 16.4 Å². The number of alkyl carbamates (subject to hydrolysis) is 1. The molecule has 4 rings (SSSR count). The lowest BCUT2D eigenvalue weighted by atomic mass is 9.80. The molecule has 3 aromatic carbocycles. The smallest absolute Gasteiger partial charge is 0.407 e. The van der Waals surface area contributed by atoms with Gasteiger partial charge in [0.25, 0.3) is 0 Å². The van der Waals surface area contributed by atoms with E-state index in [-0.39, 0.29) is 36.0 Å². The number of halogens is 2. The van der Waals surface area contributed by atoms with Gasteiger partial charge in [0.15, 0.2) is 0 Å². The topological polar surface area (TPSA) is 131 Å². The Labute approximate surface area is 282 Å². The van der Waals surface area contributed by atoms with Crippen LogP contribution in [0, 0.1) is 17.6 Å². The highest BCUT2D eigenvalue weighted by molar-refractivity contribution is 7.89. The molecule has 0 radical (unpaired) electrons. The third-order valence-electron chi connectivity index (χ3n) is 9.22. The third-order valence-corrected chi connectivity index (χ3v) is 11.2. The van der Waals surface area contributed by atoms with Crippen molar-refractivity contribution in [1.29, 1.82) is 0 Å². The van der Waals surface area contributed by atoms with Crippen molar-refractivity contribution in [3.05, 3.63) is 102 Å². The Morgan fingerprint density at radius 3 is 2.06 bits per heavy atom. The van der Waals surface area contributed by atoms with Crippen molar-refractivity contribution in [2.45, 2.75) is 80.8 Å². The number of benzene rings is 3. The van der Waals surface area contributed by atoms with Crippen LogP contribution in [0.1, 0.15) is 68.9 Å². The van der Waals surface area contributed by atoms with Crippen LogP contribution in [-0.4, -0.2) is 63.0 Å². The summed E-state index contributed by atoms with van der Waals surface area (Å²) in [5.41, 5.74) is 6.97. The summed E-state index contributed by atoms with van der Waals surface area (Å²) < 4.78 is 61.5. The monoisotopic (exact) mass is 684 g/mol. The molecule has 1 aliphatic rings. The number of nitrogens with one attached hydrogen (secondary N) is 2. The lowest BCUT2D eigenvalue weighted by Gasteiger charge is -2.36. The number of carbonyl (C=O) groups excluding carboxylic acids is 2. The number of methoxy groups -OCH3 is 1. The van der Waals surface area contributed by atoms with Gasteiger partial charge in [0.05, 0.1) is 12.0 Å². The van der Waals surface area contributed by atoms with Gasteiger partial charge in [-0.3, -0.25) is 4.79 Å². The zero-order chi connectivity index (χ0) is 34.7. The molecule has 2 amide bonds. The minimum atomic E-state index is -3.77. The van der Waals surface area contributed by atoms with Crippen molar-refractivity contribution >= 4 is 22.0 Å². The number of nitrogens with zero attached hydrogens (tertiary/aromatic N) is 1. The highest BCUT2D eigenvalue weighted by Crippen LogP contribution is 2.33. The van der Waals surface area contributed by atoms with Crippen molar-refractivity contribution in [3.63, 3.8) is 0 Å². The van der Waals surface area contributed by atoms with Crippen molar-refractivity contribution in [1.82, 2.24) is 14.9 Å². The van der Waals surface area contributed by atoms with Crippen LogP contribution in [0.15, 0.2) is 83.8 Å². The fourth-order valence-corrected chi connectivity index (χ4v) is 8.50. The van der Waals surface area contributed by atoms with Gasteiger partial charge in [0.1, 0.15) is 17.7 Å². The maximum Gasteiger partial charge on any atom is 0.407 e. The van der Waals surface area contributed by atoms with E-state index in [1.54, 1.807) is 30.3 Å². The zero-order valence-corrected chi connectivity index (χ0v) is 28.3. The highest BCUT2D eigenvalue weighted by atomic mass is 32.2. The summed E-state index contributed by atoms with van der Waals surface area (Å²) in [6.07, 6.45) is 4.45. The fraction of sp³-hybridized carbons (Fsp3) is 0.444. The second-order valence-electron chi connectivity index (χ2n) is 12.2. The molecule has 1 fully saturated rings. The third kappa shape index (κ3) is 9.39. The lowest BCUT2D eigenvalue weighted by Crippen LogP contribution is -2.54. The minimum absolute atomic E-state index is 0.0600. The van der Waals surface area contributed by atoms with Gasteiger partial charge < -0.3 is 21.1 Å². The molecule has 48 heavy (non-hydrogen) atoms. The standard InChI is InChI=1S/C36H46F2N4O5S/c1-3-30(42(24-23-39)48(45,46)31-10-5-4-6-11-31)22-17-25-9-7-8-12-32(25)40-35(43)34(41-36(44)47-2)33(26-13-18-28(37)19-14-26)27-15-20-29(38)21-16-27/h4-6,10-11,13-16,18-21,25,30,32-34H,3,7-9,12,17,22-24,39H2,1-2H3,(H,40,43)(H,41,44)/t25-,30-,32+,34+/m1/s1. The summed E-state index contributed by atoms with van der Waals surface area (Å²) in [5, 5.41) is 5.86. The van der Waals surface area contributed by atoms with Crippen molar-refractivity contribution in [2.24, 2.45) is 11.7 Å². The predicted molar refractivity (Wildman–Crippen MR) is 181 cm³/mol. The van der Waals surface area contributed by atoms with E-state index in [9.17, 15) is 26.8 Å². The Hall–Kier alpha value is -3.87. The Balaban J connectivity index is 1.57. The molecule has 0 aliphatic heterocycles. The Kier molecular flexibility index (Phi) is 13.5. The first-order valence-electron chi connectivity index (χ1n) is 16.5. The molecule has 12 heteroatoms. The number of hydrogen-bond donors (Lipinski definition) is 3. The van der Waals surface area contributed by atoms with Gasteiger partial charge in [-0.05, 0) is 85.5 Å². The van der Waals surface area contributed by atoms with Crippen molar-refractivity contribution in [2.75, 3.05) is 20.2 Å². The van der Waals surface area contributed by atoms with E-state index in [2.05, 4.69) is 10.6 Å². The van der Waals surface area contributed by atoms with Gasteiger partial charge in [0, 0.05) is 31.1 Å². The Morgan fingerprint density at radius 1 is 0.938 bits per heavy atom. The fourth-order valence-electron chi connectivity index (χ4n) is 6.73. The summed E-state index contributed by atoms with van der Waals surface area (Å²) in [6.45, 7) is 2.33. The maximum absolute atomic E-state index is 14.2. The molecule has 1 aliphatic carbocycles. The molecule has 0 bridgehead atoms. The average Bonchev–Trinajstić information content (AvgIpc) is 3.10. The van der Waals surface area contributed by atoms with E-state index < -0.39 is 45.6 Å². The first kappa shape index (κ1) is 37.0. The molecule has 260 valence electrons. The lowest BCUT2D eigenvalue weighted by molar-refractivity contribution is -0.124. The molecule has 0 aromatic heterocycles. The van der Waals surface area contributed by atoms with Crippen LogP contribution in [-0.2, 0) is 19.6 Å². The number of nitrogens with two attached hydrogens (primary N) is 1. The van der Waals surface area contributed by atoms with Gasteiger partial charge in [-0.2, -0.15) is 4.31 Å². The van der Waals surface area contributed by atoms with Crippen LogP contribution in [0.2, 0.25) is 0 Å². The molecule has 4 atom stereocenters. The quantitative estimate of drug-likeness (QED) is 0.188. The molecule has 0 saturated heterocycles. The highest BCUT2D eigenvalue weighted by Gasteiger charge is 2.37. The molecule has 0 spiro atoms. The summed E-state index contributed by atoms with van der Waals surface area (Å²) in [7, 11) is -2.57. The van der Waals surface area contributed by atoms with E-state index in [1.807, 2.05) is 6.92 Å². The van der Waals surface area contributed by atoms with Gasteiger partial charge >= 0.3 is 6.09 Å².